The second-order valence-electron chi connectivity index (χ2n) is 21.7. The van der Waals surface area contributed by atoms with E-state index in [9.17, 15) is 20.1 Å². The first kappa shape index (κ1) is 49.6. The number of aromatic carboxylic acids is 1. The second kappa shape index (κ2) is 18.6. The van der Waals surface area contributed by atoms with Gasteiger partial charge in [-0.05, 0) is 142 Å². The summed E-state index contributed by atoms with van der Waals surface area (Å²) in [5.74, 6) is 1.53. The van der Waals surface area contributed by atoms with E-state index >= 15 is 0 Å². The smallest absolute Gasteiger partial charge is 0.335 e. The molecule has 0 radical (unpaired) electrons. The molecule has 6 saturated carbocycles. The minimum atomic E-state index is -0.973. The summed E-state index contributed by atoms with van der Waals surface area (Å²) in [6.45, 7) is 7.99. The molecule has 2 spiro atoms. The second-order valence-corrected chi connectivity index (χ2v) is 25.4. The number of ether oxygens (including phenoxy) is 2. The van der Waals surface area contributed by atoms with E-state index < -0.39 is 17.2 Å². The summed E-state index contributed by atoms with van der Waals surface area (Å²) in [6, 6.07) is 21.2. The highest BCUT2D eigenvalue weighted by atomic mass is 35.5. The molecule has 0 saturated heterocycles. The maximum absolute atomic E-state index is 11.3. The van der Waals surface area contributed by atoms with Gasteiger partial charge in [0.05, 0.1) is 73.4 Å². The predicted octanol–water partition coefficient (Wildman–Crippen LogP) is 15.2. The molecule has 6 aliphatic rings. The number of hydrogen-bond acceptors (Lipinski definition) is 13. The third-order valence-electron chi connectivity index (χ3n) is 16.1. The van der Waals surface area contributed by atoms with Crippen LogP contribution >= 0.6 is 69.1 Å². The SMILES string of the molecule is O=C(O)c1ccc2nc(C3(O)CC4(CC(OCc5c(-c6c(Cl)cccc6Cl)noc5C5CC5)C4)C3)sc2c1.[C-]#[N+]c1ccc2nc(C3(O)CC4(CC(OCc5c(-c6c(Cl)cccc6Cl)noc5C5CC5)C4)C3)sc2c1. The molecule has 0 bridgehead atoms. The number of carboxylic acid groups (broad SMARTS) is 1. The van der Waals surface area contributed by atoms with Gasteiger partial charge in [0.2, 0.25) is 0 Å². The summed E-state index contributed by atoms with van der Waals surface area (Å²) in [5, 5.41) is 44.1. The Balaban J connectivity index is 0.000000144. The normalized spacial score (nSPS) is 26.6. The van der Waals surface area contributed by atoms with Crippen LogP contribution in [0.15, 0.2) is 81.8 Å². The Hall–Kier alpha value is -4.96. The molecule has 0 aliphatic heterocycles. The number of thiazole rings is 2. The van der Waals surface area contributed by atoms with E-state index in [0.29, 0.717) is 110 Å². The van der Waals surface area contributed by atoms with Crippen LogP contribution in [0.4, 0.5) is 5.69 Å². The molecule has 3 N–H and O–H groups in total. The zero-order chi connectivity index (χ0) is 51.6. The molecule has 4 heterocycles. The number of hydrogen-bond donors (Lipinski definition) is 3. The highest BCUT2D eigenvalue weighted by Gasteiger charge is 2.63. The Morgan fingerprint density at radius 3 is 1.49 bits per heavy atom. The maximum Gasteiger partial charge on any atom is 0.335 e. The number of nitrogens with zero attached hydrogens (tertiary/aromatic N) is 5. The third-order valence-corrected chi connectivity index (χ3v) is 19.8. The number of benzene rings is 4. The topological polar surface area (TPSA) is 178 Å². The van der Waals surface area contributed by atoms with Crippen molar-refractivity contribution in [3.63, 3.8) is 0 Å². The third kappa shape index (κ3) is 9.06. The fraction of sp³-hybridized carbons (Fsp3) is 0.393. The Morgan fingerprint density at radius 2 is 1.08 bits per heavy atom. The average Bonchev–Trinajstić information content (AvgIpc) is 4.19. The van der Waals surface area contributed by atoms with Crippen LogP contribution in [0.25, 0.3) is 47.8 Å². The molecule has 4 aromatic carbocycles. The van der Waals surface area contributed by atoms with E-state index in [1.54, 1.807) is 48.5 Å². The molecular weight excluding hydrogens is 1080 g/mol. The van der Waals surface area contributed by atoms with E-state index in [4.69, 9.17) is 71.5 Å². The van der Waals surface area contributed by atoms with Crippen molar-refractivity contribution in [2.45, 2.75) is 126 Å². The summed E-state index contributed by atoms with van der Waals surface area (Å²) in [6.07, 6.45) is 10.8. The van der Waals surface area contributed by atoms with Crippen molar-refractivity contribution in [1.29, 1.82) is 0 Å². The van der Waals surface area contributed by atoms with Crippen LogP contribution in [0, 0.1) is 17.4 Å². The maximum atomic E-state index is 11.3. The highest BCUT2D eigenvalue weighted by Crippen LogP contribution is 2.66. The molecule has 6 aliphatic carbocycles. The molecule has 13 nitrogen and oxygen atoms in total. The fourth-order valence-electron chi connectivity index (χ4n) is 12.2. The van der Waals surface area contributed by atoms with Gasteiger partial charge in [0.15, 0.2) is 5.69 Å². The lowest BCUT2D eigenvalue weighted by Gasteiger charge is -2.60. The van der Waals surface area contributed by atoms with Crippen LogP contribution in [0.3, 0.4) is 0 Å². The van der Waals surface area contributed by atoms with Gasteiger partial charge in [0, 0.05) is 38.8 Å². The van der Waals surface area contributed by atoms with E-state index in [0.717, 1.165) is 93.9 Å². The fourth-order valence-corrected chi connectivity index (χ4v) is 15.6. The lowest BCUT2D eigenvalue weighted by Crippen LogP contribution is -2.58. The molecule has 75 heavy (non-hydrogen) atoms. The van der Waals surface area contributed by atoms with Crippen molar-refractivity contribution in [2.75, 3.05) is 0 Å². The minimum Gasteiger partial charge on any atom is -0.478 e. The van der Waals surface area contributed by atoms with Crippen LogP contribution in [0.2, 0.25) is 20.1 Å². The minimum absolute atomic E-state index is 0.0480. The summed E-state index contributed by atoms with van der Waals surface area (Å²) >= 11 is 28.8. The van der Waals surface area contributed by atoms with Crippen molar-refractivity contribution >= 4 is 101 Å². The summed E-state index contributed by atoms with van der Waals surface area (Å²) < 4.78 is 25.9. The van der Waals surface area contributed by atoms with Gasteiger partial charge >= 0.3 is 5.97 Å². The number of rotatable bonds is 13. The van der Waals surface area contributed by atoms with Crippen LogP contribution in [0.1, 0.15) is 132 Å². The summed E-state index contributed by atoms with van der Waals surface area (Å²) in [4.78, 5) is 24.1. The van der Waals surface area contributed by atoms with E-state index in [2.05, 4.69) is 25.1 Å². The molecule has 4 aromatic heterocycles. The summed E-state index contributed by atoms with van der Waals surface area (Å²) in [7, 11) is 0. The largest absolute Gasteiger partial charge is 0.478 e. The molecule has 14 rings (SSSR count). The van der Waals surface area contributed by atoms with E-state index in [1.807, 2.05) is 24.3 Å². The Labute approximate surface area is 458 Å². The zero-order valence-electron chi connectivity index (χ0n) is 40.1. The van der Waals surface area contributed by atoms with Gasteiger partial charge in [-0.25, -0.2) is 19.6 Å². The number of aliphatic hydroxyl groups is 2. The Bertz CT molecular complexity index is 3580. The van der Waals surface area contributed by atoms with E-state index in [1.165, 1.54) is 22.7 Å². The molecular formula is C56H47Cl4N5O8S2. The summed E-state index contributed by atoms with van der Waals surface area (Å²) in [5.41, 5.74) is 5.19. The highest BCUT2D eigenvalue weighted by molar-refractivity contribution is 7.19. The Morgan fingerprint density at radius 1 is 0.653 bits per heavy atom. The molecule has 6 fully saturated rings. The number of carboxylic acids is 1. The Kier molecular flexibility index (Phi) is 12.3. The standard InChI is InChI=1S/C28H23Cl2N3O3S.C28H24Cl2N2O5S/c1-31-16-7-8-21-22(9-16)37-26(32-21)28(34)13-27(14-28)10-17(11-27)35-12-18-24(33-36-25(18)15-5-6-15)23-19(29)3-2-4-20(23)30;29-18-2-1-3-19(30)22(18)23-17(24(37-32-23)14-4-5-14)11-36-16-9-27(10-16)12-28(35,13-27)26-31-20-7-6-15(25(33)34)8-21(20)38-26/h2-4,7-9,15,17,34H,5-6,10-14H2;1-3,6-8,14,16,35H,4-5,9-13H2,(H,33,34). The average molecular weight is 1120 g/mol. The van der Waals surface area contributed by atoms with Crippen molar-refractivity contribution in [2.24, 2.45) is 10.8 Å². The van der Waals surface area contributed by atoms with Gasteiger partial charge in [-0.1, -0.05) is 74.9 Å². The quantitative estimate of drug-likeness (QED) is 0.0932. The number of aromatic nitrogens is 4. The zero-order valence-corrected chi connectivity index (χ0v) is 44.7. The van der Waals surface area contributed by atoms with Crippen LogP contribution in [-0.2, 0) is 33.9 Å². The predicted molar refractivity (Wildman–Crippen MR) is 287 cm³/mol. The first-order valence-electron chi connectivity index (χ1n) is 25.1. The van der Waals surface area contributed by atoms with Gasteiger partial charge in [-0.2, -0.15) is 0 Å². The van der Waals surface area contributed by atoms with Gasteiger partial charge in [0.25, 0.3) is 0 Å². The lowest BCUT2D eigenvalue weighted by molar-refractivity contribution is -0.215. The van der Waals surface area contributed by atoms with Crippen molar-refractivity contribution in [1.82, 2.24) is 20.3 Å². The van der Waals surface area contributed by atoms with Crippen LogP contribution in [0.5, 0.6) is 0 Å². The van der Waals surface area contributed by atoms with Gasteiger partial charge in [0.1, 0.15) is 44.1 Å². The van der Waals surface area contributed by atoms with Crippen molar-refractivity contribution < 1.29 is 38.6 Å². The van der Waals surface area contributed by atoms with Gasteiger partial charge < -0.3 is 33.8 Å². The molecule has 384 valence electrons. The molecule has 0 amide bonds. The van der Waals surface area contributed by atoms with Crippen LogP contribution in [-0.4, -0.2) is 53.8 Å². The van der Waals surface area contributed by atoms with Crippen LogP contribution < -0.4 is 0 Å². The first-order valence-corrected chi connectivity index (χ1v) is 28.2. The van der Waals surface area contributed by atoms with Crippen molar-refractivity contribution in [3.05, 3.63) is 143 Å². The molecule has 0 atom stereocenters. The number of halogens is 4. The van der Waals surface area contributed by atoms with Gasteiger partial charge in [-0.3, -0.25) is 0 Å². The van der Waals surface area contributed by atoms with Gasteiger partial charge in [-0.15, -0.1) is 22.7 Å². The number of fused-ring (bicyclic) bond motifs is 2. The monoisotopic (exact) mass is 1120 g/mol. The molecule has 19 heteroatoms. The molecule has 0 unspecified atom stereocenters. The first-order chi connectivity index (χ1) is 36.1. The van der Waals surface area contributed by atoms with Crippen molar-refractivity contribution in [3.8, 4) is 22.5 Å². The number of carbonyl (C=O) groups is 1. The lowest BCUT2D eigenvalue weighted by atomic mass is 9.49. The van der Waals surface area contributed by atoms with E-state index in [-0.39, 0.29) is 28.6 Å². The molecule has 8 aromatic rings.